The third kappa shape index (κ3) is 3.66. The van der Waals surface area contributed by atoms with Gasteiger partial charge in [0.15, 0.2) is 0 Å². The number of aliphatic hydroxyl groups excluding tert-OH is 1. The molecule has 0 amide bonds. The standard InChI is InChI=1S/C29H48O/c1-7-21(19(2)3)9-8-20(4)25-12-13-26-24-11-10-22-18-23(30)14-16-28(22,5)27(24)15-17-29(25,26)6/h8-9,11,19-23,25-27,30H,7,10,12-18H2,1-6H3/b9-8+/t20-,21+,22-,23+,25-,26-,27-,28-,29-/m0/s1. The van der Waals surface area contributed by atoms with E-state index >= 15 is 0 Å². The fourth-order valence-electron chi connectivity index (χ4n) is 8.68. The van der Waals surface area contributed by atoms with E-state index in [-0.39, 0.29) is 6.10 Å². The average molecular weight is 413 g/mol. The van der Waals surface area contributed by atoms with Gasteiger partial charge < -0.3 is 5.11 Å². The van der Waals surface area contributed by atoms with Crippen LogP contribution in [0.2, 0.25) is 0 Å². The number of fused-ring (bicyclic) bond motifs is 5. The van der Waals surface area contributed by atoms with Gasteiger partial charge in [0, 0.05) is 0 Å². The molecular formula is C29H48O. The first-order valence-corrected chi connectivity index (χ1v) is 13.3. The highest BCUT2D eigenvalue weighted by Gasteiger charge is 2.57. The third-order valence-corrected chi connectivity index (χ3v) is 10.7. The summed E-state index contributed by atoms with van der Waals surface area (Å²) in [5.74, 6) is 5.32. The predicted molar refractivity (Wildman–Crippen MR) is 128 cm³/mol. The lowest BCUT2D eigenvalue weighted by Crippen LogP contribution is -2.49. The number of aliphatic hydroxyl groups is 1. The Morgan fingerprint density at radius 2 is 1.70 bits per heavy atom. The van der Waals surface area contributed by atoms with E-state index in [4.69, 9.17) is 0 Å². The van der Waals surface area contributed by atoms with Crippen molar-refractivity contribution in [2.45, 2.75) is 105 Å². The summed E-state index contributed by atoms with van der Waals surface area (Å²) in [6.07, 6.45) is 19.2. The Labute approximate surface area is 186 Å². The van der Waals surface area contributed by atoms with E-state index in [0.717, 1.165) is 42.4 Å². The van der Waals surface area contributed by atoms with Crippen molar-refractivity contribution in [1.82, 2.24) is 0 Å². The number of hydrogen-bond acceptors (Lipinski definition) is 1. The molecule has 3 saturated carbocycles. The van der Waals surface area contributed by atoms with Gasteiger partial charge in [-0.1, -0.05) is 65.3 Å². The Morgan fingerprint density at radius 3 is 2.40 bits per heavy atom. The summed E-state index contributed by atoms with van der Waals surface area (Å²) in [5.41, 5.74) is 2.79. The lowest BCUT2D eigenvalue weighted by atomic mass is 9.47. The molecule has 9 atom stereocenters. The van der Waals surface area contributed by atoms with Crippen LogP contribution in [0.15, 0.2) is 23.8 Å². The maximum absolute atomic E-state index is 10.3. The number of hydrogen-bond donors (Lipinski definition) is 1. The summed E-state index contributed by atoms with van der Waals surface area (Å²) in [5, 5.41) is 10.3. The minimum atomic E-state index is -0.0480. The summed E-state index contributed by atoms with van der Waals surface area (Å²) < 4.78 is 0. The van der Waals surface area contributed by atoms with Crippen molar-refractivity contribution in [3.05, 3.63) is 23.8 Å². The fraction of sp³-hybridized carbons (Fsp3) is 0.862. The largest absolute Gasteiger partial charge is 0.393 e. The van der Waals surface area contributed by atoms with E-state index in [2.05, 4.69) is 59.8 Å². The molecule has 0 saturated heterocycles. The van der Waals surface area contributed by atoms with Crippen molar-refractivity contribution in [1.29, 1.82) is 0 Å². The first-order valence-electron chi connectivity index (χ1n) is 13.3. The molecule has 0 spiro atoms. The molecule has 0 unspecified atom stereocenters. The Kier molecular flexibility index (Phi) is 6.35. The van der Waals surface area contributed by atoms with Gasteiger partial charge in [-0.05, 0) is 110 Å². The van der Waals surface area contributed by atoms with Crippen molar-refractivity contribution >= 4 is 0 Å². The van der Waals surface area contributed by atoms with Gasteiger partial charge in [0.05, 0.1) is 6.10 Å². The molecule has 4 rings (SSSR count). The van der Waals surface area contributed by atoms with Crippen LogP contribution in [-0.4, -0.2) is 11.2 Å². The lowest BCUT2D eigenvalue weighted by molar-refractivity contribution is -0.0414. The van der Waals surface area contributed by atoms with Crippen molar-refractivity contribution < 1.29 is 5.11 Å². The maximum Gasteiger partial charge on any atom is 0.0543 e. The monoisotopic (exact) mass is 412 g/mol. The van der Waals surface area contributed by atoms with Gasteiger partial charge in [-0.15, -0.1) is 0 Å². The summed E-state index contributed by atoms with van der Waals surface area (Å²) >= 11 is 0. The summed E-state index contributed by atoms with van der Waals surface area (Å²) in [4.78, 5) is 0. The zero-order valence-electron chi connectivity index (χ0n) is 20.7. The van der Waals surface area contributed by atoms with E-state index in [9.17, 15) is 5.11 Å². The van der Waals surface area contributed by atoms with E-state index in [0.29, 0.717) is 22.7 Å². The zero-order chi connectivity index (χ0) is 21.7. The predicted octanol–water partition coefficient (Wildman–Crippen LogP) is 7.80. The van der Waals surface area contributed by atoms with E-state index < -0.39 is 0 Å². The third-order valence-electron chi connectivity index (χ3n) is 10.7. The van der Waals surface area contributed by atoms with Gasteiger partial charge in [0.2, 0.25) is 0 Å². The van der Waals surface area contributed by atoms with Crippen LogP contribution >= 0.6 is 0 Å². The van der Waals surface area contributed by atoms with Crippen LogP contribution in [0, 0.1) is 52.3 Å². The van der Waals surface area contributed by atoms with E-state index in [1.54, 1.807) is 0 Å². The molecule has 0 aliphatic heterocycles. The van der Waals surface area contributed by atoms with Gasteiger partial charge in [-0.3, -0.25) is 0 Å². The molecule has 3 fully saturated rings. The van der Waals surface area contributed by atoms with Crippen LogP contribution in [0.4, 0.5) is 0 Å². The van der Waals surface area contributed by atoms with Crippen LogP contribution in [0.3, 0.4) is 0 Å². The van der Waals surface area contributed by atoms with Crippen molar-refractivity contribution in [2.24, 2.45) is 52.3 Å². The Bertz CT molecular complexity index is 674. The molecule has 170 valence electrons. The molecule has 0 heterocycles. The molecule has 30 heavy (non-hydrogen) atoms. The first-order chi connectivity index (χ1) is 14.2. The topological polar surface area (TPSA) is 20.2 Å². The molecule has 0 aromatic rings. The second-order valence-electron chi connectivity index (χ2n) is 12.5. The van der Waals surface area contributed by atoms with Gasteiger partial charge >= 0.3 is 0 Å². The van der Waals surface area contributed by atoms with Gasteiger partial charge in [-0.2, -0.15) is 0 Å². The Morgan fingerprint density at radius 1 is 1.00 bits per heavy atom. The highest BCUT2D eigenvalue weighted by molar-refractivity contribution is 5.28. The SMILES string of the molecule is CC[C@H](/C=C/[C@H](C)[C@@H]1CC[C@H]2C3=CC[C@H]4C[C@H](O)CC[C@]4(C)[C@H]3CC[C@]21C)C(C)C. The van der Waals surface area contributed by atoms with Crippen molar-refractivity contribution in [3.63, 3.8) is 0 Å². The van der Waals surface area contributed by atoms with Crippen molar-refractivity contribution in [2.75, 3.05) is 0 Å². The van der Waals surface area contributed by atoms with E-state index in [1.165, 1.54) is 44.9 Å². The molecule has 4 aliphatic carbocycles. The fourth-order valence-corrected chi connectivity index (χ4v) is 8.68. The van der Waals surface area contributed by atoms with Crippen LogP contribution < -0.4 is 0 Å². The second-order valence-corrected chi connectivity index (χ2v) is 12.5. The summed E-state index contributed by atoms with van der Waals surface area (Å²) in [6, 6.07) is 0. The molecule has 0 bridgehead atoms. The van der Waals surface area contributed by atoms with Crippen LogP contribution in [-0.2, 0) is 0 Å². The van der Waals surface area contributed by atoms with Crippen LogP contribution in [0.5, 0.6) is 0 Å². The molecule has 4 aliphatic rings. The molecular weight excluding hydrogens is 364 g/mol. The quantitative estimate of drug-likeness (QED) is 0.457. The summed E-state index contributed by atoms with van der Waals surface area (Å²) in [7, 11) is 0. The average Bonchev–Trinajstić information content (AvgIpc) is 3.06. The molecule has 0 aromatic heterocycles. The normalized spacial score (nSPS) is 45.6. The van der Waals surface area contributed by atoms with Crippen LogP contribution in [0.25, 0.3) is 0 Å². The minimum Gasteiger partial charge on any atom is -0.393 e. The van der Waals surface area contributed by atoms with Gasteiger partial charge in [0.1, 0.15) is 0 Å². The molecule has 0 aromatic carbocycles. The summed E-state index contributed by atoms with van der Waals surface area (Å²) in [6.45, 7) is 14.8. The Hall–Kier alpha value is -0.560. The minimum absolute atomic E-state index is 0.0480. The second kappa shape index (κ2) is 8.42. The lowest BCUT2D eigenvalue weighted by Gasteiger charge is -2.57. The zero-order valence-corrected chi connectivity index (χ0v) is 20.7. The molecule has 1 N–H and O–H groups in total. The number of rotatable bonds is 5. The highest BCUT2D eigenvalue weighted by Crippen LogP contribution is 2.66. The van der Waals surface area contributed by atoms with E-state index in [1.807, 2.05) is 5.57 Å². The van der Waals surface area contributed by atoms with Crippen molar-refractivity contribution in [3.8, 4) is 0 Å². The van der Waals surface area contributed by atoms with Gasteiger partial charge in [-0.25, -0.2) is 0 Å². The number of allylic oxidation sites excluding steroid dienone is 4. The Balaban J connectivity index is 1.53. The highest BCUT2D eigenvalue weighted by atomic mass is 16.3. The smallest absolute Gasteiger partial charge is 0.0543 e. The van der Waals surface area contributed by atoms with Gasteiger partial charge in [0.25, 0.3) is 0 Å². The van der Waals surface area contributed by atoms with Crippen LogP contribution in [0.1, 0.15) is 99.3 Å². The maximum atomic E-state index is 10.3. The molecule has 1 heteroatoms. The molecule has 1 nitrogen and oxygen atoms in total. The molecule has 0 radical (unpaired) electrons. The first kappa shape index (κ1) is 22.6.